The summed E-state index contributed by atoms with van der Waals surface area (Å²) < 4.78 is 12.2. The molecule has 2 saturated heterocycles. The molecule has 0 aromatic heterocycles. The zero-order valence-corrected chi connectivity index (χ0v) is 13.4. The van der Waals surface area contributed by atoms with Gasteiger partial charge in [-0.1, -0.05) is 41.5 Å². The predicted molar refractivity (Wildman–Crippen MR) is 74.9 cm³/mol. The normalized spacial score (nSPS) is 33.5. The maximum absolute atomic E-state index is 10.5. The third kappa shape index (κ3) is 2.60. The molecule has 2 aliphatic rings. The van der Waals surface area contributed by atoms with Gasteiger partial charge in [0.2, 0.25) is 0 Å². The van der Waals surface area contributed by atoms with Crippen LogP contribution in [0.5, 0.6) is 0 Å². The van der Waals surface area contributed by atoms with Crippen LogP contribution in [0.2, 0.25) is 0 Å². The highest BCUT2D eigenvalue weighted by atomic mass is 31.1. The highest BCUT2D eigenvalue weighted by Gasteiger charge is 2.56. The van der Waals surface area contributed by atoms with Gasteiger partial charge >= 0.3 is 0 Å². The molecule has 1 spiro atoms. The van der Waals surface area contributed by atoms with E-state index in [0.717, 1.165) is 26.1 Å². The summed E-state index contributed by atoms with van der Waals surface area (Å²) in [4.78, 5) is 10.5. The van der Waals surface area contributed by atoms with Crippen LogP contribution >= 0.6 is 8.15 Å². The number of ether oxygens (including phenoxy) is 2. The van der Waals surface area contributed by atoms with E-state index in [1.807, 2.05) is 0 Å². The van der Waals surface area contributed by atoms with Crippen LogP contribution in [0.4, 0.5) is 0 Å². The molecule has 1 N–H and O–H groups in total. The summed E-state index contributed by atoms with van der Waals surface area (Å²) >= 11 is 0. The van der Waals surface area contributed by atoms with Crippen molar-refractivity contribution in [2.75, 3.05) is 13.2 Å². The average molecular weight is 274 g/mol. The molecule has 0 atom stereocenters. The molecule has 2 fully saturated rings. The second kappa shape index (κ2) is 4.15. The van der Waals surface area contributed by atoms with Gasteiger partial charge in [-0.2, -0.15) is 0 Å². The van der Waals surface area contributed by atoms with Gasteiger partial charge in [0.15, 0.2) is 5.79 Å². The van der Waals surface area contributed by atoms with Gasteiger partial charge < -0.3 is 14.4 Å². The third-order valence-electron chi connectivity index (χ3n) is 4.00. The first kappa shape index (κ1) is 14.7. The number of hydrogen-bond donors (Lipinski definition) is 1. The van der Waals surface area contributed by atoms with E-state index in [1.165, 1.54) is 0 Å². The van der Waals surface area contributed by atoms with Crippen molar-refractivity contribution < 1.29 is 14.4 Å². The molecule has 0 aromatic rings. The fourth-order valence-corrected chi connectivity index (χ4v) is 5.71. The van der Waals surface area contributed by atoms with E-state index in [0.29, 0.717) is 0 Å². The van der Waals surface area contributed by atoms with Gasteiger partial charge in [0.25, 0.3) is 0 Å². The molecule has 106 valence electrons. The van der Waals surface area contributed by atoms with Crippen LogP contribution in [0.1, 0.15) is 54.4 Å². The number of rotatable bonds is 0. The fourth-order valence-electron chi connectivity index (χ4n) is 3.29. The maximum Gasteiger partial charge on any atom is 0.170 e. The summed E-state index contributed by atoms with van der Waals surface area (Å²) in [6, 6.07) is 0. The van der Waals surface area contributed by atoms with Gasteiger partial charge in [0, 0.05) is 36.7 Å². The van der Waals surface area contributed by atoms with Crippen LogP contribution < -0.4 is 0 Å². The summed E-state index contributed by atoms with van der Waals surface area (Å²) in [7, 11) is -1.01. The summed E-state index contributed by atoms with van der Waals surface area (Å²) in [5.41, 5.74) is 0.0981. The Balaban J connectivity index is 2.21. The third-order valence-corrected chi connectivity index (χ3v) is 6.61. The average Bonchev–Trinajstić information content (AvgIpc) is 2.19. The molecule has 0 unspecified atom stereocenters. The second-order valence-corrected chi connectivity index (χ2v) is 11.0. The minimum Gasteiger partial charge on any atom is -0.373 e. The van der Waals surface area contributed by atoms with Gasteiger partial charge in [-0.25, -0.2) is 0 Å². The van der Waals surface area contributed by atoms with Crippen molar-refractivity contribution in [2.24, 2.45) is 5.41 Å². The molecule has 3 nitrogen and oxygen atoms in total. The van der Waals surface area contributed by atoms with E-state index < -0.39 is 13.9 Å². The van der Waals surface area contributed by atoms with Crippen molar-refractivity contribution >= 4 is 8.15 Å². The molecule has 0 amide bonds. The van der Waals surface area contributed by atoms with Crippen LogP contribution in [0.3, 0.4) is 0 Å². The molecule has 2 rings (SSSR count). The summed E-state index contributed by atoms with van der Waals surface area (Å²) in [6.07, 6.45) is 1.59. The predicted octanol–water partition coefficient (Wildman–Crippen LogP) is 3.50. The SMILES string of the molecule is CC1(C)COC2(CC(C)(C)P(O)C(C)(C)C2)OC1. The van der Waals surface area contributed by atoms with E-state index >= 15 is 0 Å². The van der Waals surface area contributed by atoms with Crippen LogP contribution in [-0.2, 0) is 9.47 Å². The van der Waals surface area contributed by atoms with Gasteiger partial charge in [-0.15, -0.1) is 0 Å². The molecule has 0 bridgehead atoms. The van der Waals surface area contributed by atoms with Crippen LogP contribution in [0.15, 0.2) is 0 Å². The van der Waals surface area contributed by atoms with Gasteiger partial charge in [-0.05, 0) is 0 Å². The Labute approximate surface area is 112 Å². The van der Waals surface area contributed by atoms with E-state index in [2.05, 4.69) is 41.5 Å². The molecular weight excluding hydrogens is 247 g/mol. The van der Waals surface area contributed by atoms with Crippen LogP contribution in [0, 0.1) is 5.41 Å². The Morgan fingerprint density at radius 2 is 1.22 bits per heavy atom. The first-order valence-electron chi connectivity index (χ1n) is 6.75. The minimum absolute atomic E-state index is 0.0981. The standard InChI is InChI=1S/C14H27O3P/c1-11(2)9-16-14(17-10-11)7-12(3,4)18(15)13(5,6)8-14/h15H,7-10H2,1-6H3. The van der Waals surface area contributed by atoms with Crippen molar-refractivity contribution in [3.63, 3.8) is 0 Å². The monoisotopic (exact) mass is 274 g/mol. The summed E-state index contributed by atoms with van der Waals surface area (Å²) in [5, 5.41) is -0.225. The largest absolute Gasteiger partial charge is 0.373 e. The number of hydrogen-bond acceptors (Lipinski definition) is 3. The van der Waals surface area contributed by atoms with E-state index in [4.69, 9.17) is 9.47 Å². The molecule has 0 saturated carbocycles. The lowest BCUT2D eigenvalue weighted by Crippen LogP contribution is -2.57. The van der Waals surface area contributed by atoms with Gasteiger partial charge in [-0.3, -0.25) is 0 Å². The molecule has 2 aliphatic heterocycles. The lowest BCUT2D eigenvalue weighted by molar-refractivity contribution is -0.311. The molecular formula is C14H27O3P. The lowest BCUT2D eigenvalue weighted by atomic mass is 9.88. The van der Waals surface area contributed by atoms with Crippen molar-refractivity contribution in [2.45, 2.75) is 70.5 Å². The second-order valence-electron chi connectivity index (χ2n) is 7.94. The van der Waals surface area contributed by atoms with Gasteiger partial charge in [0.1, 0.15) is 0 Å². The van der Waals surface area contributed by atoms with Crippen LogP contribution in [0.25, 0.3) is 0 Å². The Kier molecular flexibility index (Phi) is 3.39. The Bertz CT molecular complexity index is 306. The Hall–Kier alpha value is 0.310. The first-order valence-corrected chi connectivity index (χ1v) is 8.05. The van der Waals surface area contributed by atoms with Gasteiger partial charge in [0.05, 0.1) is 13.2 Å². The smallest absolute Gasteiger partial charge is 0.170 e. The molecule has 0 aromatic carbocycles. The molecule has 2 heterocycles. The lowest BCUT2D eigenvalue weighted by Gasteiger charge is -2.56. The summed E-state index contributed by atoms with van der Waals surface area (Å²) in [6.45, 7) is 14.3. The topological polar surface area (TPSA) is 38.7 Å². The van der Waals surface area contributed by atoms with E-state index in [-0.39, 0.29) is 15.7 Å². The Morgan fingerprint density at radius 3 is 1.61 bits per heavy atom. The highest BCUT2D eigenvalue weighted by Crippen LogP contribution is 2.66. The van der Waals surface area contributed by atoms with Crippen molar-refractivity contribution in [1.29, 1.82) is 0 Å². The van der Waals surface area contributed by atoms with E-state index in [1.54, 1.807) is 0 Å². The summed E-state index contributed by atoms with van der Waals surface area (Å²) in [5.74, 6) is -0.482. The van der Waals surface area contributed by atoms with E-state index in [9.17, 15) is 4.89 Å². The first-order chi connectivity index (χ1) is 7.98. The fraction of sp³-hybridized carbons (Fsp3) is 1.00. The zero-order valence-electron chi connectivity index (χ0n) is 12.5. The maximum atomic E-state index is 10.5. The minimum atomic E-state index is -1.01. The quantitative estimate of drug-likeness (QED) is 0.687. The van der Waals surface area contributed by atoms with Crippen molar-refractivity contribution in [3.05, 3.63) is 0 Å². The molecule has 0 radical (unpaired) electrons. The van der Waals surface area contributed by atoms with Crippen molar-refractivity contribution in [1.82, 2.24) is 0 Å². The van der Waals surface area contributed by atoms with Crippen LogP contribution in [-0.4, -0.2) is 34.2 Å². The molecule has 4 heteroatoms. The Morgan fingerprint density at radius 1 is 0.833 bits per heavy atom. The highest BCUT2D eigenvalue weighted by molar-refractivity contribution is 7.55. The molecule has 18 heavy (non-hydrogen) atoms. The van der Waals surface area contributed by atoms with Crippen molar-refractivity contribution in [3.8, 4) is 0 Å². The zero-order chi connectivity index (χ0) is 13.8. The molecule has 0 aliphatic carbocycles.